The molecule has 0 aromatic rings. The van der Waals surface area contributed by atoms with Gasteiger partial charge in [-0.25, -0.2) is 0 Å². The van der Waals surface area contributed by atoms with Crippen molar-refractivity contribution in [2.75, 3.05) is 46.2 Å². The van der Waals surface area contributed by atoms with Gasteiger partial charge in [0.2, 0.25) is 11.8 Å². The highest BCUT2D eigenvalue weighted by molar-refractivity contribution is 5.73. The molecule has 0 bridgehead atoms. The average molecular weight is 1240 g/mol. The van der Waals surface area contributed by atoms with Crippen molar-refractivity contribution in [3.05, 3.63) is 0 Å². The van der Waals surface area contributed by atoms with Crippen molar-refractivity contribution in [3.63, 3.8) is 0 Å². The van der Waals surface area contributed by atoms with Crippen LogP contribution in [0, 0.1) is 0 Å². The molecule has 84 heavy (non-hydrogen) atoms. The lowest BCUT2D eigenvalue weighted by atomic mass is 9.94. The molecule has 7 fully saturated rings. The summed E-state index contributed by atoms with van der Waals surface area (Å²) in [5, 5.41) is 231. The van der Waals surface area contributed by atoms with Gasteiger partial charge in [-0.1, -0.05) is 0 Å². The lowest BCUT2D eigenvalue weighted by Gasteiger charge is -2.50. The highest BCUT2D eigenvalue weighted by Crippen LogP contribution is 2.37. The van der Waals surface area contributed by atoms with E-state index in [1.165, 1.54) is 0 Å². The Hall–Kier alpha value is -2.42. The molecule has 7 heterocycles. The summed E-state index contributed by atoms with van der Waals surface area (Å²) < 4.78 is 74.3. The quantitative estimate of drug-likeness (QED) is 0.0507. The summed E-state index contributed by atoms with van der Waals surface area (Å²) >= 11 is 0. The molecule has 35 atom stereocenters. The highest BCUT2D eigenvalue weighted by Gasteiger charge is 2.58. The zero-order valence-electron chi connectivity index (χ0n) is 44.7. The summed E-state index contributed by atoms with van der Waals surface area (Å²) in [6.07, 6.45) is -65.1. The third kappa shape index (κ3) is 14.9. The Balaban J connectivity index is 1.17. The Bertz CT molecular complexity index is 2060. The standard InChI is InChI=1S/C46H78N2O36/c1-10(54)47-19-26(61)36(15(6-52)74-40(19)71)81-41-20(48-11(2)55)27(62)37(16(7-53)78-41)82-46-35(70)39(84-45-33(68)30(65)23(58)14(5-51)77-45)25(60)18(80-46)9-73-43-34(69)38(83-44-32(67)29(64)22(57)13(4-50)76-44)24(59)17(79-43)8-72-42-31(66)28(63)21(56)12(3-49)75-42/h12-46,49-53,56-71H,3-9H2,1-2H3,(H,47,54)(H,48,55)/t12-,13-,14-,15-,16-,17-,18-,19-,20-,21-,22-,23-,24-,25-,26-,27-,28+,29+,30+,31+,32+,33+,34+,35+,36-,37-,38+,39+,40-,41+,42+,43-,44+,45+,46-/m1/s1. The van der Waals surface area contributed by atoms with E-state index in [9.17, 15) is 117 Å². The number of carbonyl (C=O) groups excluding carboxylic acids is 2. The SMILES string of the molecule is CC(=O)N[C@@H]1[C@@H](O)[C@H](O[C@@H]2O[C@H](CO)[C@@H](O[C@H]3O[C@H](CO[C@@H]4O[C@H](CO[C@H]5O[C@H](CO)[C@@H](O)[C@H](O)[C@@H]5O)[C@@H](O)[C@H](O[C@@H]5O[C@H](CO)[C@@H](O)[C@H](O)[C@@H]5O)[C@@H]4O)[C@@H](O)[C@H](O[C@@H]4O[C@H](CO)[C@@H](O)[C@H](O)[C@@H]4O)[C@@H]3O)[C@H](O)[C@H]2NC(C)=O)[C@@H](CO)O[C@H]1O. The zero-order chi connectivity index (χ0) is 61.9. The van der Waals surface area contributed by atoms with Crippen molar-refractivity contribution in [1.82, 2.24) is 10.6 Å². The van der Waals surface area contributed by atoms with Gasteiger partial charge in [-0.3, -0.25) is 9.59 Å². The molecule has 7 aliphatic rings. The molecule has 38 heteroatoms. The van der Waals surface area contributed by atoms with E-state index in [1.807, 2.05) is 0 Å². The fraction of sp³-hybridized carbons (Fsp3) is 0.957. The Labute approximate surface area is 475 Å². The maximum absolute atomic E-state index is 12.7. The Morgan fingerprint density at radius 2 is 0.607 bits per heavy atom. The number of carbonyl (C=O) groups is 2. The van der Waals surface area contributed by atoms with Crippen LogP contribution in [-0.4, -0.2) is 380 Å². The van der Waals surface area contributed by atoms with Crippen molar-refractivity contribution in [2.24, 2.45) is 0 Å². The molecule has 0 aliphatic carbocycles. The van der Waals surface area contributed by atoms with Crippen LogP contribution in [0.2, 0.25) is 0 Å². The topological polar surface area (TPSA) is 603 Å². The van der Waals surface area contributed by atoms with Crippen molar-refractivity contribution < 1.29 is 178 Å². The van der Waals surface area contributed by atoms with E-state index in [1.54, 1.807) is 0 Å². The molecular formula is C46H78N2O36. The van der Waals surface area contributed by atoms with E-state index >= 15 is 0 Å². The molecule has 0 aromatic heterocycles. The molecule has 2 amide bonds. The van der Waals surface area contributed by atoms with Crippen LogP contribution in [-0.2, 0) is 71.2 Å². The Morgan fingerprint density at radius 1 is 0.310 bits per heavy atom. The average Bonchev–Trinajstić information content (AvgIpc) is 1.85. The first-order valence-corrected chi connectivity index (χ1v) is 26.6. The molecule has 23 N–H and O–H groups in total. The van der Waals surface area contributed by atoms with Gasteiger partial charge in [-0.05, 0) is 0 Å². The van der Waals surface area contributed by atoms with E-state index in [-0.39, 0.29) is 0 Å². The van der Waals surface area contributed by atoms with E-state index in [4.69, 9.17) is 61.6 Å². The fourth-order valence-electron chi connectivity index (χ4n) is 10.6. The van der Waals surface area contributed by atoms with Gasteiger partial charge in [0.05, 0.1) is 46.2 Å². The summed E-state index contributed by atoms with van der Waals surface area (Å²) in [5.74, 6) is -1.61. The van der Waals surface area contributed by atoms with Crippen LogP contribution in [0.25, 0.3) is 0 Å². The zero-order valence-corrected chi connectivity index (χ0v) is 44.7. The fourth-order valence-corrected chi connectivity index (χ4v) is 10.6. The largest absolute Gasteiger partial charge is 0.394 e. The van der Waals surface area contributed by atoms with Crippen LogP contribution in [0.1, 0.15) is 13.8 Å². The number of aliphatic hydroxyl groups is 21. The van der Waals surface area contributed by atoms with Crippen LogP contribution in [0.4, 0.5) is 0 Å². The molecule has 38 nitrogen and oxygen atoms in total. The monoisotopic (exact) mass is 1230 g/mol. The number of nitrogens with one attached hydrogen (secondary N) is 2. The van der Waals surface area contributed by atoms with Gasteiger partial charge < -0.3 is 179 Å². The Morgan fingerprint density at radius 3 is 1.04 bits per heavy atom. The van der Waals surface area contributed by atoms with Gasteiger partial charge in [0.15, 0.2) is 44.0 Å². The number of hydrogen-bond donors (Lipinski definition) is 23. The molecule has 7 aliphatic heterocycles. The molecule has 0 aromatic carbocycles. The third-order valence-corrected chi connectivity index (χ3v) is 15.3. The summed E-state index contributed by atoms with van der Waals surface area (Å²) in [4.78, 5) is 24.6. The van der Waals surface area contributed by atoms with Crippen LogP contribution < -0.4 is 10.6 Å². The number of amides is 2. The van der Waals surface area contributed by atoms with Gasteiger partial charge in [-0.15, -0.1) is 0 Å². The van der Waals surface area contributed by atoms with Crippen molar-refractivity contribution in [1.29, 1.82) is 0 Å². The van der Waals surface area contributed by atoms with Gasteiger partial charge >= 0.3 is 0 Å². The lowest BCUT2D eigenvalue weighted by Crippen LogP contribution is -2.70. The van der Waals surface area contributed by atoms with Gasteiger partial charge in [0.1, 0.15) is 171 Å². The summed E-state index contributed by atoms with van der Waals surface area (Å²) in [5.41, 5.74) is 0. The molecule has 7 saturated heterocycles. The van der Waals surface area contributed by atoms with E-state index in [2.05, 4.69) is 10.6 Å². The smallest absolute Gasteiger partial charge is 0.217 e. The first kappa shape index (κ1) is 69.1. The second-order valence-corrected chi connectivity index (χ2v) is 21.1. The predicted molar refractivity (Wildman–Crippen MR) is 255 cm³/mol. The van der Waals surface area contributed by atoms with Crippen LogP contribution in [0.15, 0.2) is 0 Å². The minimum Gasteiger partial charge on any atom is -0.394 e. The molecule has 0 saturated carbocycles. The van der Waals surface area contributed by atoms with Crippen LogP contribution >= 0.6 is 0 Å². The number of aliphatic hydroxyl groups excluding tert-OH is 21. The second kappa shape index (κ2) is 29.9. The first-order chi connectivity index (χ1) is 39.7. The van der Waals surface area contributed by atoms with E-state index in [0.29, 0.717) is 0 Å². The number of hydrogen-bond acceptors (Lipinski definition) is 36. The van der Waals surface area contributed by atoms with Crippen molar-refractivity contribution >= 4 is 11.8 Å². The van der Waals surface area contributed by atoms with Crippen molar-refractivity contribution in [2.45, 2.75) is 229 Å². The van der Waals surface area contributed by atoms with Gasteiger partial charge in [0.25, 0.3) is 0 Å². The predicted octanol–water partition coefficient (Wildman–Crippen LogP) is -16.0. The number of ether oxygens (including phenoxy) is 13. The van der Waals surface area contributed by atoms with Crippen LogP contribution in [0.3, 0.4) is 0 Å². The van der Waals surface area contributed by atoms with Crippen molar-refractivity contribution in [3.8, 4) is 0 Å². The molecule has 0 spiro atoms. The molecule has 0 radical (unpaired) electrons. The summed E-state index contributed by atoms with van der Waals surface area (Å²) in [7, 11) is 0. The van der Waals surface area contributed by atoms with Gasteiger partial charge in [0, 0.05) is 13.8 Å². The third-order valence-electron chi connectivity index (χ3n) is 15.3. The minimum atomic E-state index is -2.34. The second-order valence-electron chi connectivity index (χ2n) is 21.1. The minimum absolute atomic E-state index is 0.738. The summed E-state index contributed by atoms with van der Waals surface area (Å²) in [6.45, 7) is -4.78. The number of rotatable bonds is 21. The maximum Gasteiger partial charge on any atom is 0.217 e. The van der Waals surface area contributed by atoms with E-state index < -0.39 is 273 Å². The summed E-state index contributed by atoms with van der Waals surface area (Å²) in [6, 6.07) is -3.37. The molecular weight excluding hydrogens is 1160 g/mol. The normalized spacial score (nSPS) is 50.3. The molecule has 0 unspecified atom stereocenters. The molecule has 7 rings (SSSR count). The lowest BCUT2D eigenvalue weighted by molar-refractivity contribution is -0.387. The molecule has 488 valence electrons. The van der Waals surface area contributed by atoms with Crippen LogP contribution in [0.5, 0.6) is 0 Å². The van der Waals surface area contributed by atoms with Gasteiger partial charge in [-0.2, -0.15) is 0 Å². The first-order valence-electron chi connectivity index (χ1n) is 26.6. The van der Waals surface area contributed by atoms with E-state index in [0.717, 1.165) is 13.8 Å². The maximum atomic E-state index is 12.7. The highest BCUT2D eigenvalue weighted by atomic mass is 16.8. The Kier molecular flexibility index (Phi) is 24.6.